The first-order valence-electron chi connectivity index (χ1n) is 7.92. The topological polar surface area (TPSA) is 34.0 Å². The number of rotatable bonds is 4. The number of piperidine rings is 1. The van der Waals surface area contributed by atoms with Gasteiger partial charge in [0.1, 0.15) is 12.2 Å². The van der Waals surface area contributed by atoms with Gasteiger partial charge in [0, 0.05) is 13.1 Å². The lowest BCUT2D eigenvalue weighted by molar-refractivity contribution is 0.193. The number of nitrogens with zero attached hydrogens (tertiary/aromatic N) is 4. The largest absolute Gasteiger partial charge is 0.295 e. The molecule has 1 aromatic heterocycles. The molecular formula is C17H24N4. The summed E-state index contributed by atoms with van der Waals surface area (Å²) in [7, 11) is 0. The predicted molar refractivity (Wildman–Crippen MR) is 84.1 cm³/mol. The van der Waals surface area contributed by atoms with E-state index in [-0.39, 0.29) is 0 Å². The zero-order valence-electron chi connectivity index (χ0n) is 13.0. The summed E-state index contributed by atoms with van der Waals surface area (Å²) in [5, 5.41) is 4.27. The fourth-order valence-electron chi connectivity index (χ4n) is 3.27. The molecule has 1 aromatic carbocycles. The fraction of sp³-hybridized carbons (Fsp3) is 0.529. The van der Waals surface area contributed by atoms with Crippen molar-refractivity contribution in [1.29, 1.82) is 0 Å². The van der Waals surface area contributed by atoms with Crippen molar-refractivity contribution in [2.45, 2.75) is 45.7 Å². The Bertz CT molecular complexity index is 590. The Labute approximate surface area is 126 Å². The molecular weight excluding hydrogens is 260 g/mol. The van der Waals surface area contributed by atoms with Crippen molar-refractivity contribution in [1.82, 2.24) is 19.7 Å². The van der Waals surface area contributed by atoms with Gasteiger partial charge in [-0.25, -0.2) is 9.67 Å². The first-order chi connectivity index (χ1) is 10.3. The van der Waals surface area contributed by atoms with Crippen molar-refractivity contribution in [3.63, 3.8) is 0 Å². The van der Waals surface area contributed by atoms with E-state index in [1.54, 1.807) is 6.33 Å². The van der Waals surface area contributed by atoms with Crippen LogP contribution in [0, 0.1) is 6.92 Å². The van der Waals surface area contributed by atoms with Crippen LogP contribution in [0.15, 0.2) is 30.6 Å². The van der Waals surface area contributed by atoms with Crippen molar-refractivity contribution in [2.75, 3.05) is 13.1 Å². The van der Waals surface area contributed by atoms with Gasteiger partial charge < -0.3 is 0 Å². The third-order valence-corrected chi connectivity index (χ3v) is 4.38. The molecule has 1 atom stereocenters. The van der Waals surface area contributed by atoms with E-state index in [9.17, 15) is 0 Å². The summed E-state index contributed by atoms with van der Waals surface area (Å²) in [5.74, 6) is 1.74. The number of aromatic nitrogens is 3. The zero-order chi connectivity index (χ0) is 14.7. The van der Waals surface area contributed by atoms with Gasteiger partial charge in [-0.05, 0) is 44.7 Å². The van der Waals surface area contributed by atoms with E-state index in [1.165, 1.54) is 30.5 Å². The zero-order valence-corrected chi connectivity index (χ0v) is 13.0. The molecule has 4 nitrogen and oxygen atoms in total. The molecule has 0 aliphatic carbocycles. The van der Waals surface area contributed by atoms with Crippen LogP contribution in [0.25, 0.3) is 0 Å². The maximum Gasteiger partial charge on any atom is 0.140 e. The quantitative estimate of drug-likeness (QED) is 0.865. The molecule has 2 heterocycles. The second-order valence-corrected chi connectivity index (χ2v) is 5.98. The van der Waals surface area contributed by atoms with Gasteiger partial charge in [-0.3, -0.25) is 4.90 Å². The highest BCUT2D eigenvalue weighted by Crippen LogP contribution is 2.28. The number of likely N-dealkylation sites (tertiary alicyclic amines) is 1. The van der Waals surface area contributed by atoms with Gasteiger partial charge in [-0.2, -0.15) is 5.10 Å². The van der Waals surface area contributed by atoms with Crippen molar-refractivity contribution >= 4 is 0 Å². The highest BCUT2D eigenvalue weighted by molar-refractivity contribution is 5.26. The third kappa shape index (κ3) is 3.32. The normalized spacial score (nSPS) is 19.8. The predicted octanol–water partition coefficient (Wildman–Crippen LogP) is 2.99. The molecule has 0 spiro atoms. The first-order valence-corrected chi connectivity index (χ1v) is 7.92. The molecule has 4 heteroatoms. The van der Waals surface area contributed by atoms with Crippen molar-refractivity contribution in [3.8, 4) is 0 Å². The highest BCUT2D eigenvalue weighted by Gasteiger charge is 2.22. The second kappa shape index (κ2) is 6.39. The van der Waals surface area contributed by atoms with Gasteiger partial charge in [0.2, 0.25) is 0 Å². The Kier molecular flexibility index (Phi) is 4.34. The summed E-state index contributed by atoms with van der Waals surface area (Å²) in [6, 6.07) is 8.96. The number of hydrogen-bond donors (Lipinski definition) is 0. The van der Waals surface area contributed by atoms with E-state index in [4.69, 9.17) is 0 Å². The summed E-state index contributed by atoms with van der Waals surface area (Å²) < 4.78 is 2.00. The van der Waals surface area contributed by atoms with Crippen LogP contribution >= 0.6 is 0 Å². The van der Waals surface area contributed by atoms with Crippen LogP contribution in [-0.4, -0.2) is 32.8 Å². The minimum atomic E-state index is 0.650. The summed E-state index contributed by atoms with van der Waals surface area (Å²) >= 11 is 0. The number of aryl methyl sites for hydroxylation is 2. The lowest BCUT2D eigenvalue weighted by Crippen LogP contribution is -2.34. The van der Waals surface area contributed by atoms with E-state index in [1.807, 2.05) is 4.68 Å². The summed E-state index contributed by atoms with van der Waals surface area (Å²) in [4.78, 5) is 6.92. The molecule has 1 fully saturated rings. The minimum absolute atomic E-state index is 0.650. The van der Waals surface area contributed by atoms with Crippen LogP contribution in [0.4, 0.5) is 0 Å². The van der Waals surface area contributed by atoms with Crippen LogP contribution in [-0.2, 0) is 13.1 Å². The molecule has 0 saturated carbocycles. The lowest BCUT2D eigenvalue weighted by Gasteiger charge is -2.32. The van der Waals surface area contributed by atoms with Gasteiger partial charge in [0.05, 0.1) is 6.54 Å². The Hall–Kier alpha value is -1.68. The van der Waals surface area contributed by atoms with Crippen molar-refractivity contribution in [3.05, 3.63) is 47.5 Å². The average molecular weight is 284 g/mol. The maximum absolute atomic E-state index is 4.40. The molecule has 0 radical (unpaired) electrons. The fourth-order valence-corrected chi connectivity index (χ4v) is 3.27. The number of hydrogen-bond acceptors (Lipinski definition) is 3. The maximum atomic E-state index is 4.40. The molecule has 2 aromatic rings. The molecule has 1 aliphatic rings. The molecule has 3 rings (SSSR count). The van der Waals surface area contributed by atoms with E-state index in [0.29, 0.717) is 5.92 Å². The smallest absolute Gasteiger partial charge is 0.140 e. The van der Waals surface area contributed by atoms with Gasteiger partial charge in [0.25, 0.3) is 0 Å². The van der Waals surface area contributed by atoms with Crippen molar-refractivity contribution in [2.24, 2.45) is 0 Å². The van der Waals surface area contributed by atoms with Gasteiger partial charge in [-0.1, -0.05) is 29.8 Å². The monoisotopic (exact) mass is 284 g/mol. The number of benzene rings is 1. The molecule has 21 heavy (non-hydrogen) atoms. The van der Waals surface area contributed by atoms with Crippen LogP contribution < -0.4 is 0 Å². The molecule has 0 bridgehead atoms. The van der Waals surface area contributed by atoms with E-state index < -0.39 is 0 Å². The lowest BCUT2D eigenvalue weighted by atomic mass is 9.90. The van der Waals surface area contributed by atoms with Crippen LogP contribution in [0.3, 0.4) is 0 Å². The van der Waals surface area contributed by atoms with E-state index in [2.05, 4.69) is 53.1 Å². The van der Waals surface area contributed by atoms with Crippen LogP contribution in [0.1, 0.15) is 42.6 Å². The van der Waals surface area contributed by atoms with Gasteiger partial charge in [-0.15, -0.1) is 0 Å². The third-order valence-electron chi connectivity index (χ3n) is 4.38. The van der Waals surface area contributed by atoms with Crippen LogP contribution in [0.5, 0.6) is 0 Å². The van der Waals surface area contributed by atoms with Crippen molar-refractivity contribution < 1.29 is 0 Å². The SMILES string of the molecule is CCn1ncnc1CN1CCC[C@H](c2cccc(C)c2)C1. The minimum Gasteiger partial charge on any atom is -0.295 e. The molecule has 0 amide bonds. The second-order valence-electron chi connectivity index (χ2n) is 5.98. The molecule has 0 N–H and O–H groups in total. The molecule has 112 valence electrons. The van der Waals surface area contributed by atoms with Crippen LogP contribution in [0.2, 0.25) is 0 Å². The molecule has 1 aliphatic heterocycles. The summed E-state index contributed by atoms with van der Waals surface area (Å²) in [6.45, 7) is 8.39. The Morgan fingerprint density at radius 3 is 3.05 bits per heavy atom. The van der Waals surface area contributed by atoms with E-state index in [0.717, 1.165) is 25.5 Å². The summed E-state index contributed by atoms with van der Waals surface area (Å²) in [5.41, 5.74) is 2.84. The molecule has 0 unspecified atom stereocenters. The Morgan fingerprint density at radius 1 is 1.33 bits per heavy atom. The Balaban J connectivity index is 1.68. The van der Waals surface area contributed by atoms with Gasteiger partial charge >= 0.3 is 0 Å². The summed E-state index contributed by atoms with van der Waals surface area (Å²) in [6.07, 6.45) is 4.22. The average Bonchev–Trinajstić information content (AvgIpc) is 2.95. The molecule has 1 saturated heterocycles. The highest BCUT2D eigenvalue weighted by atomic mass is 15.3. The standard InChI is InChI=1S/C17H24N4/c1-3-21-17(18-13-19-21)12-20-9-5-8-16(11-20)15-7-4-6-14(2)10-15/h4,6-7,10,13,16H,3,5,8-9,11-12H2,1-2H3/t16-/m0/s1. The Morgan fingerprint density at radius 2 is 2.24 bits per heavy atom. The first kappa shape index (κ1) is 14.3. The van der Waals surface area contributed by atoms with E-state index >= 15 is 0 Å². The van der Waals surface area contributed by atoms with Gasteiger partial charge in [0.15, 0.2) is 0 Å².